The third kappa shape index (κ3) is 2.70. The predicted molar refractivity (Wildman–Crippen MR) is 78.3 cm³/mol. The van der Waals surface area contributed by atoms with Crippen LogP contribution in [0.4, 0.5) is 5.82 Å². The van der Waals surface area contributed by atoms with Crippen molar-refractivity contribution in [1.82, 2.24) is 9.97 Å². The van der Waals surface area contributed by atoms with E-state index in [-0.39, 0.29) is 5.41 Å². The summed E-state index contributed by atoms with van der Waals surface area (Å²) in [6.07, 6.45) is 0. The van der Waals surface area contributed by atoms with Crippen LogP contribution in [-0.2, 0) is 5.41 Å². The number of nitrogens with zero attached hydrogens (tertiary/aromatic N) is 2. The van der Waals surface area contributed by atoms with Gasteiger partial charge in [-0.1, -0.05) is 20.8 Å². The Hall–Kier alpha value is -1.42. The van der Waals surface area contributed by atoms with E-state index in [0.717, 1.165) is 22.2 Å². The minimum Gasteiger partial charge on any atom is -0.373 e. The minimum absolute atomic E-state index is 0.0234. The van der Waals surface area contributed by atoms with Crippen molar-refractivity contribution >= 4 is 17.2 Å². The lowest BCUT2D eigenvalue weighted by Crippen LogP contribution is -2.15. The predicted octanol–water partition coefficient (Wildman–Crippen LogP) is 3.85. The van der Waals surface area contributed by atoms with Gasteiger partial charge in [0.1, 0.15) is 5.82 Å². The molecule has 0 aliphatic heterocycles. The minimum atomic E-state index is 0.0234. The molecule has 0 unspecified atom stereocenters. The zero-order chi connectivity index (χ0) is 13.3. The molecular formula is C14H19N3S. The van der Waals surface area contributed by atoms with Crippen molar-refractivity contribution in [1.29, 1.82) is 0 Å². The van der Waals surface area contributed by atoms with Crippen molar-refractivity contribution in [3.05, 3.63) is 28.8 Å². The smallest absolute Gasteiger partial charge is 0.171 e. The molecule has 2 aromatic heterocycles. The number of thiophene rings is 1. The maximum atomic E-state index is 4.70. The summed E-state index contributed by atoms with van der Waals surface area (Å²) in [7, 11) is 1.89. The number of aromatic nitrogens is 2. The van der Waals surface area contributed by atoms with E-state index in [1.807, 2.05) is 13.1 Å². The molecule has 0 saturated heterocycles. The average molecular weight is 261 g/mol. The van der Waals surface area contributed by atoms with Gasteiger partial charge in [0.05, 0.1) is 10.6 Å². The topological polar surface area (TPSA) is 37.8 Å². The normalized spacial score (nSPS) is 11.6. The van der Waals surface area contributed by atoms with Crippen molar-refractivity contribution in [2.45, 2.75) is 33.1 Å². The molecule has 18 heavy (non-hydrogen) atoms. The number of anilines is 1. The fourth-order valence-corrected chi connectivity index (χ4v) is 2.43. The van der Waals surface area contributed by atoms with Gasteiger partial charge >= 0.3 is 0 Å². The SMILES string of the molecule is CNc1cc(C(C)(C)C)nc(-c2ccc(C)s2)n1. The van der Waals surface area contributed by atoms with E-state index < -0.39 is 0 Å². The van der Waals surface area contributed by atoms with Gasteiger partial charge in [0.25, 0.3) is 0 Å². The molecule has 0 bridgehead atoms. The summed E-state index contributed by atoms with van der Waals surface area (Å²) in [5.74, 6) is 1.68. The highest BCUT2D eigenvalue weighted by molar-refractivity contribution is 7.15. The first-order chi connectivity index (χ1) is 8.40. The summed E-state index contributed by atoms with van der Waals surface area (Å²) in [4.78, 5) is 11.6. The van der Waals surface area contributed by atoms with Crippen LogP contribution in [0.15, 0.2) is 18.2 Å². The highest BCUT2D eigenvalue weighted by Crippen LogP contribution is 2.29. The first-order valence-corrected chi connectivity index (χ1v) is 6.86. The third-order valence-corrected chi connectivity index (χ3v) is 3.71. The van der Waals surface area contributed by atoms with Crippen LogP contribution >= 0.6 is 11.3 Å². The molecule has 4 heteroatoms. The van der Waals surface area contributed by atoms with E-state index in [2.05, 4.69) is 50.1 Å². The van der Waals surface area contributed by atoms with Crippen molar-refractivity contribution in [2.24, 2.45) is 0 Å². The fourth-order valence-electron chi connectivity index (χ4n) is 1.62. The summed E-state index contributed by atoms with van der Waals surface area (Å²) in [6.45, 7) is 8.59. The summed E-state index contributed by atoms with van der Waals surface area (Å²) in [6, 6.07) is 6.21. The van der Waals surface area contributed by atoms with E-state index in [9.17, 15) is 0 Å². The monoisotopic (exact) mass is 261 g/mol. The van der Waals surface area contributed by atoms with Gasteiger partial charge in [0.15, 0.2) is 5.82 Å². The molecule has 0 spiro atoms. The molecule has 2 heterocycles. The maximum Gasteiger partial charge on any atom is 0.171 e. The highest BCUT2D eigenvalue weighted by atomic mass is 32.1. The first kappa shape index (κ1) is 13.0. The van der Waals surface area contributed by atoms with Gasteiger partial charge in [-0.05, 0) is 19.1 Å². The maximum absolute atomic E-state index is 4.70. The van der Waals surface area contributed by atoms with Crippen molar-refractivity contribution in [3.63, 3.8) is 0 Å². The Bertz CT molecular complexity index is 552. The van der Waals surface area contributed by atoms with Gasteiger partial charge in [0, 0.05) is 23.4 Å². The Morgan fingerprint density at radius 3 is 2.39 bits per heavy atom. The van der Waals surface area contributed by atoms with Crippen LogP contribution in [0.1, 0.15) is 31.3 Å². The van der Waals surface area contributed by atoms with E-state index in [1.165, 1.54) is 4.88 Å². The standard InChI is InChI=1S/C14H19N3S/c1-9-6-7-10(18-9)13-16-11(14(2,3)4)8-12(15-5)17-13/h6-8H,1-5H3,(H,15,16,17). The van der Waals surface area contributed by atoms with E-state index in [4.69, 9.17) is 4.98 Å². The quantitative estimate of drug-likeness (QED) is 0.892. The molecule has 0 aliphatic carbocycles. The zero-order valence-corrected chi connectivity index (χ0v) is 12.4. The summed E-state index contributed by atoms with van der Waals surface area (Å²) in [5, 5.41) is 3.11. The Balaban J connectivity index is 2.54. The van der Waals surface area contributed by atoms with E-state index >= 15 is 0 Å². The van der Waals surface area contributed by atoms with E-state index in [1.54, 1.807) is 11.3 Å². The molecule has 0 atom stereocenters. The Morgan fingerprint density at radius 2 is 1.89 bits per heavy atom. The lowest BCUT2D eigenvalue weighted by molar-refractivity contribution is 0.568. The second-order valence-electron chi connectivity index (χ2n) is 5.37. The van der Waals surface area contributed by atoms with Crippen molar-refractivity contribution < 1.29 is 0 Å². The van der Waals surface area contributed by atoms with Crippen LogP contribution in [0.2, 0.25) is 0 Å². The Kier molecular flexibility index (Phi) is 3.39. The zero-order valence-electron chi connectivity index (χ0n) is 11.5. The van der Waals surface area contributed by atoms with Gasteiger partial charge in [0.2, 0.25) is 0 Å². The van der Waals surface area contributed by atoms with Gasteiger partial charge in [-0.25, -0.2) is 9.97 Å². The van der Waals surface area contributed by atoms with Crippen LogP contribution < -0.4 is 5.32 Å². The highest BCUT2D eigenvalue weighted by Gasteiger charge is 2.18. The number of nitrogens with one attached hydrogen (secondary N) is 1. The van der Waals surface area contributed by atoms with E-state index in [0.29, 0.717) is 0 Å². The number of hydrogen-bond donors (Lipinski definition) is 1. The third-order valence-electron chi connectivity index (χ3n) is 2.71. The van der Waals surface area contributed by atoms with Crippen LogP contribution in [0.5, 0.6) is 0 Å². The Labute approximate surface area is 112 Å². The molecule has 1 N–H and O–H groups in total. The van der Waals surface area contributed by atoms with Crippen molar-refractivity contribution in [3.8, 4) is 10.7 Å². The van der Waals surface area contributed by atoms with Crippen LogP contribution in [0, 0.1) is 6.92 Å². The van der Waals surface area contributed by atoms with Gasteiger partial charge in [-0.3, -0.25) is 0 Å². The molecular weight excluding hydrogens is 242 g/mol. The largest absolute Gasteiger partial charge is 0.373 e. The Morgan fingerprint density at radius 1 is 1.17 bits per heavy atom. The molecule has 0 amide bonds. The van der Waals surface area contributed by atoms with Gasteiger partial charge < -0.3 is 5.32 Å². The first-order valence-electron chi connectivity index (χ1n) is 6.04. The molecule has 3 nitrogen and oxygen atoms in total. The molecule has 0 radical (unpaired) electrons. The summed E-state index contributed by atoms with van der Waals surface area (Å²) in [5.41, 5.74) is 1.08. The lowest BCUT2D eigenvalue weighted by atomic mass is 9.92. The van der Waals surface area contributed by atoms with Crippen molar-refractivity contribution in [2.75, 3.05) is 12.4 Å². The van der Waals surface area contributed by atoms with Crippen LogP contribution in [0.25, 0.3) is 10.7 Å². The number of rotatable bonds is 2. The molecule has 2 aromatic rings. The molecule has 0 fully saturated rings. The van der Waals surface area contributed by atoms with Gasteiger partial charge in [-0.2, -0.15) is 0 Å². The molecule has 96 valence electrons. The lowest BCUT2D eigenvalue weighted by Gasteiger charge is -2.19. The molecule has 0 aromatic carbocycles. The summed E-state index contributed by atoms with van der Waals surface area (Å²) < 4.78 is 0. The number of aryl methyl sites for hydroxylation is 1. The van der Waals surface area contributed by atoms with Crippen LogP contribution in [0.3, 0.4) is 0 Å². The van der Waals surface area contributed by atoms with Gasteiger partial charge in [-0.15, -0.1) is 11.3 Å². The molecule has 0 aliphatic rings. The second-order valence-corrected chi connectivity index (χ2v) is 6.66. The molecule has 0 saturated carbocycles. The fraction of sp³-hybridized carbons (Fsp3) is 0.429. The molecule has 2 rings (SSSR count). The van der Waals surface area contributed by atoms with Crippen LogP contribution in [-0.4, -0.2) is 17.0 Å². The second kappa shape index (κ2) is 4.69. The number of hydrogen-bond acceptors (Lipinski definition) is 4. The summed E-state index contributed by atoms with van der Waals surface area (Å²) >= 11 is 1.73. The average Bonchev–Trinajstić information content (AvgIpc) is 2.74.